The van der Waals surface area contributed by atoms with Gasteiger partial charge in [0.25, 0.3) is 0 Å². The number of sulfonamides is 1. The summed E-state index contributed by atoms with van der Waals surface area (Å²) in [5.41, 5.74) is 0.895. The van der Waals surface area contributed by atoms with Crippen LogP contribution in [0.3, 0.4) is 0 Å². The van der Waals surface area contributed by atoms with Gasteiger partial charge >= 0.3 is 0 Å². The molecule has 2 rings (SSSR count). The molecule has 0 aromatic heterocycles. The Kier molecular flexibility index (Phi) is 5.52. The number of hydrogen-bond donors (Lipinski definition) is 1. The highest BCUT2D eigenvalue weighted by molar-refractivity contribution is 7.89. The van der Waals surface area contributed by atoms with Gasteiger partial charge in [0, 0.05) is 6.54 Å². The summed E-state index contributed by atoms with van der Waals surface area (Å²) in [6.45, 7) is 0.242. The smallest absolute Gasteiger partial charge is 0.211 e. The van der Waals surface area contributed by atoms with Crippen LogP contribution in [0, 0.1) is 0 Å². The van der Waals surface area contributed by atoms with Crippen LogP contribution in [-0.4, -0.2) is 15.0 Å². The van der Waals surface area contributed by atoms with Gasteiger partial charge in [-0.1, -0.05) is 53.0 Å². The first-order valence-electron chi connectivity index (χ1n) is 6.08. The lowest BCUT2D eigenvalue weighted by molar-refractivity contribution is 0.581. The molecule has 2 aromatic rings. The largest absolute Gasteiger partial charge is 0.242 e. The Morgan fingerprint density at radius 2 is 1.62 bits per heavy atom. The maximum absolute atomic E-state index is 12.1. The lowest BCUT2D eigenvalue weighted by Gasteiger charge is -2.08. The van der Waals surface area contributed by atoms with Crippen LogP contribution in [0.25, 0.3) is 0 Å². The van der Waals surface area contributed by atoms with Crippen LogP contribution in [0.5, 0.6) is 0 Å². The first-order chi connectivity index (χ1) is 9.90. The van der Waals surface area contributed by atoms with Gasteiger partial charge in [-0.05, 0) is 36.2 Å². The van der Waals surface area contributed by atoms with Crippen LogP contribution < -0.4 is 4.72 Å². The predicted octanol–water partition coefficient (Wildman–Crippen LogP) is 4.17. The van der Waals surface area contributed by atoms with Crippen molar-refractivity contribution in [3.63, 3.8) is 0 Å². The number of benzene rings is 2. The van der Waals surface area contributed by atoms with E-state index in [1.807, 2.05) is 0 Å². The quantitative estimate of drug-likeness (QED) is 0.865. The molecule has 2 aromatic carbocycles. The average Bonchev–Trinajstić information content (AvgIpc) is 2.43. The molecular formula is C14H12Cl3NO2S. The fourth-order valence-electron chi connectivity index (χ4n) is 1.77. The Labute approximate surface area is 138 Å². The summed E-state index contributed by atoms with van der Waals surface area (Å²) < 4.78 is 26.8. The second-order valence-corrected chi connectivity index (χ2v) is 7.28. The summed E-state index contributed by atoms with van der Waals surface area (Å²) in [6, 6.07) is 11.5. The van der Waals surface area contributed by atoms with Gasteiger partial charge in [-0.25, -0.2) is 13.1 Å². The van der Waals surface area contributed by atoms with Crippen molar-refractivity contribution in [2.75, 3.05) is 6.54 Å². The number of hydrogen-bond acceptors (Lipinski definition) is 2. The zero-order chi connectivity index (χ0) is 15.5. The van der Waals surface area contributed by atoms with E-state index in [1.165, 1.54) is 12.1 Å². The standard InChI is InChI=1S/C14H12Cl3NO2S/c15-11-6-5-10(9-13(11)17)7-8-18-21(19,20)14-4-2-1-3-12(14)16/h1-6,9,18H,7-8H2. The highest BCUT2D eigenvalue weighted by Gasteiger charge is 2.16. The first-order valence-corrected chi connectivity index (χ1v) is 8.70. The van der Waals surface area contributed by atoms with Gasteiger partial charge in [-0.3, -0.25) is 0 Å². The van der Waals surface area contributed by atoms with Crippen molar-refractivity contribution in [2.24, 2.45) is 0 Å². The van der Waals surface area contributed by atoms with Crippen molar-refractivity contribution in [1.29, 1.82) is 0 Å². The molecule has 0 atom stereocenters. The van der Waals surface area contributed by atoms with Gasteiger partial charge in [-0.2, -0.15) is 0 Å². The average molecular weight is 365 g/mol. The molecule has 0 saturated heterocycles. The van der Waals surface area contributed by atoms with Gasteiger partial charge in [0.1, 0.15) is 4.90 Å². The molecule has 7 heteroatoms. The molecule has 0 bridgehead atoms. The van der Waals surface area contributed by atoms with Gasteiger partial charge < -0.3 is 0 Å². The van der Waals surface area contributed by atoms with Crippen LogP contribution in [0.1, 0.15) is 5.56 Å². The molecule has 0 unspecified atom stereocenters. The lowest BCUT2D eigenvalue weighted by atomic mass is 10.1. The van der Waals surface area contributed by atoms with E-state index in [9.17, 15) is 8.42 Å². The summed E-state index contributed by atoms with van der Waals surface area (Å²) in [4.78, 5) is 0.0702. The molecule has 0 aliphatic carbocycles. The fraction of sp³-hybridized carbons (Fsp3) is 0.143. The van der Waals surface area contributed by atoms with Crippen LogP contribution in [0.4, 0.5) is 0 Å². The molecule has 21 heavy (non-hydrogen) atoms. The molecule has 112 valence electrons. The minimum Gasteiger partial charge on any atom is -0.211 e. The summed E-state index contributed by atoms with van der Waals surface area (Å²) in [5.74, 6) is 0. The minimum absolute atomic E-state index is 0.0702. The minimum atomic E-state index is -3.62. The van der Waals surface area contributed by atoms with E-state index in [2.05, 4.69) is 4.72 Å². The first kappa shape index (κ1) is 16.6. The third-order valence-corrected chi connectivity index (χ3v) is 5.52. The van der Waals surface area contributed by atoms with Gasteiger partial charge in [0.05, 0.1) is 15.1 Å². The molecular weight excluding hydrogens is 353 g/mol. The number of halogens is 3. The topological polar surface area (TPSA) is 46.2 Å². The van der Waals surface area contributed by atoms with Crippen LogP contribution in [0.15, 0.2) is 47.4 Å². The third-order valence-electron chi connectivity index (χ3n) is 2.82. The van der Waals surface area contributed by atoms with E-state index < -0.39 is 10.0 Å². The zero-order valence-corrected chi connectivity index (χ0v) is 13.9. The highest BCUT2D eigenvalue weighted by atomic mass is 35.5. The Bertz CT molecular complexity index is 748. The van der Waals surface area contributed by atoms with Crippen LogP contribution in [0.2, 0.25) is 15.1 Å². The van der Waals surface area contributed by atoms with E-state index in [0.29, 0.717) is 16.5 Å². The molecule has 1 N–H and O–H groups in total. The maximum atomic E-state index is 12.1. The maximum Gasteiger partial charge on any atom is 0.242 e. The fourth-order valence-corrected chi connectivity index (χ4v) is 3.64. The van der Waals surface area contributed by atoms with Crippen molar-refractivity contribution in [3.05, 3.63) is 63.1 Å². The van der Waals surface area contributed by atoms with Crippen LogP contribution in [-0.2, 0) is 16.4 Å². The van der Waals surface area contributed by atoms with Crippen LogP contribution >= 0.6 is 34.8 Å². The third kappa shape index (κ3) is 4.34. The van der Waals surface area contributed by atoms with Gasteiger partial charge in [-0.15, -0.1) is 0 Å². The van der Waals surface area contributed by atoms with Crippen molar-refractivity contribution < 1.29 is 8.42 Å². The number of nitrogens with one attached hydrogen (secondary N) is 1. The Morgan fingerprint density at radius 3 is 2.29 bits per heavy atom. The van der Waals surface area contributed by atoms with E-state index in [1.54, 1.807) is 30.3 Å². The summed E-state index contributed by atoms with van der Waals surface area (Å²) in [6.07, 6.45) is 0.501. The summed E-state index contributed by atoms with van der Waals surface area (Å²) >= 11 is 17.6. The Hall–Kier alpha value is -0.780. The molecule has 0 radical (unpaired) electrons. The molecule has 0 aliphatic rings. The lowest BCUT2D eigenvalue weighted by Crippen LogP contribution is -2.26. The molecule has 3 nitrogen and oxygen atoms in total. The SMILES string of the molecule is O=S(=O)(NCCc1ccc(Cl)c(Cl)c1)c1ccccc1Cl. The molecule has 0 spiro atoms. The molecule has 0 heterocycles. The highest BCUT2D eigenvalue weighted by Crippen LogP contribution is 2.23. The second kappa shape index (κ2) is 6.99. The molecule has 0 amide bonds. The van der Waals surface area contributed by atoms with E-state index >= 15 is 0 Å². The van der Waals surface area contributed by atoms with E-state index in [0.717, 1.165) is 5.56 Å². The molecule has 0 saturated carbocycles. The van der Waals surface area contributed by atoms with Crippen molar-refractivity contribution >= 4 is 44.8 Å². The van der Waals surface area contributed by atoms with Gasteiger partial charge in [0.2, 0.25) is 10.0 Å². The molecule has 0 aliphatic heterocycles. The predicted molar refractivity (Wildman–Crippen MR) is 86.8 cm³/mol. The Balaban J connectivity index is 2.02. The molecule has 0 fully saturated rings. The van der Waals surface area contributed by atoms with Crippen molar-refractivity contribution in [3.8, 4) is 0 Å². The number of rotatable bonds is 5. The summed E-state index contributed by atoms with van der Waals surface area (Å²) in [5, 5.41) is 1.11. The second-order valence-electron chi connectivity index (χ2n) is 4.33. The van der Waals surface area contributed by atoms with Gasteiger partial charge in [0.15, 0.2) is 0 Å². The van der Waals surface area contributed by atoms with E-state index in [4.69, 9.17) is 34.8 Å². The monoisotopic (exact) mass is 363 g/mol. The van der Waals surface area contributed by atoms with Crippen molar-refractivity contribution in [1.82, 2.24) is 4.72 Å². The zero-order valence-electron chi connectivity index (χ0n) is 10.8. The Morgan fingerprint density at radius 1 is 0.905 bits per heavy atom. The van der Waals surface area contributed by atoms with Crippen molar-refractivity contribution in [2.45, 2.75) is 11.3 Å². The summed E-state index contributed by atoms with van der Waals surface area (Å²) in [7, 11) is -3.62. The van der Waals surface area contributed by atoms with E-state index in [-0.39, 0.29) is 16.5 Å². The normalized spacial score (nSPS) is 11.6.